The van der Waals surface area contributed by atoms with Gasteiger partial charge in [-0.1, -0.05) is 111 Å². The first-order valence-corrected chi connectivity index (χ1v) is 16.2. The van der Waals surface area contributed by atoms with Gasteiger partial charge in [-0.25, -0.2) is 4.99 Å². The van der Waals surface area contributed by atoms with E-state index in [9.17, 15) is 0 Å². The van der Waals surface area contributed by atoms with Gasteiger partial charge in [-0.15, -0.1) is 11.8 Å². The van der Waals surface area contributed by atoms with E-state index in [1.165, 1.54) is 39.0 Å². The molecule has 0 aromatic heterocycles. The lowest BCUT2D eigenvalue weighted by molar-refractivity contribution is 0.764. The maximum absolute atomic E-state index is 5.47. The first kappa shape index (κ1) is 28.2. The Kier molecular flexibility index (Phi) is 9.00. The normalized spacial score (nSPS) is 21.5. The third-order valence-electron chi connectivity index (χ3n) is 8.38. The highest BCUT2D eigenvalue weighted by Gasteiger charge is 2.28. The van der Waals surface area contributed by atoms with E-state index < -0.39 is 0 Å². The summed E-state index contributed by atoms with van der Waals surface area (Å²) in [6.07, 6.45) is 14.9. The maximum atomic E-state index is 5.47. The van der Waals surface area contributed by atoms with Gasteiger partial charge in [0, 0.05) is 35.6 Å². The Hall–Kier alpha value is -3.89. The molecule has 1 N–H and O–H groups in total. The van der Waals surface area contributed by atoms with Crippen LogP contribution < -0.4 is 5.32 Å². The molecule has 3 heterocycles. The highest BCUT2D eigenvalue weighted by Crippen LogP contribution is 2.44. The van der Waals surface area contributed by atoms with Crippen molar-refractivity contribution in [1.82, 2.24) is 5.32 Å². The van der Waals surface area contributed by atoms with Gasteiger partial charge in [-0.05, 0) is 64.6 Å². The number of allylic oxidation sites excluding steroid dienone is 4. The smallest absolute Gasteiger partial charge is 0.139 e. The van der Waals surface area contributed by atoms with Crippen LogP contribution >= 0.6 is 11.8 Å². The van der Waals surface area contributed by atoms with Gasteiger partial charge in [0.15, 0.2) is 0 Å². The molecule has 3 aromatic carbocycles. The molecule has 3 aliphatic rings. The number of hydrogen-bond donors (Lipinski definition) is 1. The van der Waals surface area contributed by atoms with E-state index in [-0.39, 0.29) is 0 Å². The summed E-state index contributed by atoms with van der Waals surface area (Å²) in [5.41, 5.74) is 10.3. The van der Waals surface area contributed by atoms with Crippen molar-refractivity contribution in [2.75, 3.05) is 12.3 Å². The molecule has 3 nitrogen and oxygen atoms in total. The minimum atomic E-state index is 0.380. The summed E-state index contributed by atoms with van der Waals surface area (Å²) in [7, 11) is 0. The Bertz CT molecular complexity index is 1590. The van der Waals surface area contributed by atoms with Crippen LogP contribution in [-0.2, 0) is 6.42 Å². The Labute approximate surface area is 255 Å². The molecular weight excluding hydrogens is 531 g/mol. The summed E-state index contributed by atoms with van der Waals surface area (Å²) in [4.78, 5) is 10.1. The molecule has 0 bridgehead atoms. The van der Waals surface area contributed by atoms with Gasteiger partial charge >= 0.3 is 0 Å². The monoisotopic (exact) mass is 569 g/mol. The van der Waals surface area contributed by atoms with Gasteiger partial charge in [0.1, 0.15) is 5.84 Å². The van der Waals surface area contributed by atoms with Crippen molar-refractivity contribution in [1.29, 1.82) is 0 Å². The molecule has 3 aliphatic heterocycles. The van der Waals surface area contributed by atoms with E-state index in [0.717, 1.165) is 48.0 Å². The van der Waals surface area contributed by atoms with Crippen molar-refractivity contribution in [3.8, 4) is 0 Å². The maximum Gasteiger partial charge on any atom is 0.139 e. The van der Waals surface area contributed by atoms with Crippen molar-refractivity contribution in [3.63, 3.8) is 0 Å². The van der Waals surface area contributed by atoms with E-state index in [2.05, 4.69) is 127 Å². The lowest BCUT2D eigenvalue weighted by Crippen LogP contribution is -2.29. The number of aliphatic imine (C=N–C) groups is 2. The van der Waals surface area contributed by atoms with Crippen LogP contribution in [0, 0.1) is 0 Å². The van der Waals surface area contributed by atoms with E-state index >= 15 is 0 Å². The van der Waals surface area contributed by atoms with Crippen LogP contribution in [0.25, 0.3) is 6.08 Å². The largest absolute Gasteiger partial charge is 0.340 e. The molecule has 42 heavy (non-hydrogen) atoms. The third-order valence-corrected chi connectivity index (χ3v) is 9.51. The second-order valence-electron chi connectivity index (χ2n) is 11.2. The fourth-order valence-electron chi connectivity index (χ4n) is 6.01. The van der Waals surface area contributed by atoms with Gasteiger partial charge in [0.05, 0.1) is 11.6 Å². The molecule has 0 saturated carbocycles. The van der Waals surface area contributed by atoms with Gasteiger partial charge < -0.3 is 5.32 Å². The number of hydrogen-bond acceptors (Lipinski definition) is 3. The summed E-state index contributed by atoms with van der Waals surface area (Å²) in [6.45, 7) is 5.31. The number of thioether (sulfide) groups is 1. The quantitative estimate of drug-likeness (QED) is 0.308. The number of benzene rings is 3. The van der Waals surface area contributed by atoms with Crippen molar-refractivity contribution >= 4 is 29.9 Å². The van der Waals surface area contributed by atoms with Crippen molar-refractivity contribution in [2.45, 2.75) is 51.4 Å². The van der Waals surface area contributed by atoms with Gasteiger partial charge in [-0.2, -0.15) is 0 Å². The zero-order valence-electron chi connectivity index (χ0n) is 24.6. The Morgan fingerprint density at radius 1 is 1.00 bits per heavy atom. The number of amidine groups is 1. The molecule has 0 radical (unpaired) electrons. The lowest BCUT2D eigenvalue weighted by atomic mass is 9.88. The molecule has 3 aromatic rings. The molecule has 2 unspecified atom stereocenters. The minimum absolute atomic E-state index is 0.380. The molecule has 0 amide bonds. The average molecular weight is 570 g/mol. The van der Waals surface area contributed by atoms with Crippen LogP contribution in [0.15, 0.2) is 129 Å². The fourth-order valence-corrected chi connectivity index (χ4v) is 7.35. The van der Waals surface area contributed by atoms with Gasteiger partial charge in [0.2, 0.25) is 0 Å². The van der Waals surface area contributed by atoms with Crippen molar-refractivity contribution < 1.29 is 0 Å². The number of dihydropyridines is 1. The van der Waals surface area contributed by atoms with Crippen LogP contribution in [0.4, 0.5) is 0 Å². The highest BCUT2D eigenvalue weighted by atomic mass is 32.2. The first-order chi connectivity index (χ1) is 20.7. The van der Waals surface area contributed by atoms with Gasteiger partial charge in [0.25, 0.3) is 0 Å². The van der Waals surface area contributed by atoms with E-state index in [1.54, 1.807) is 0 Å². The number of nitrogens with zero attached hydrogens (tertiary/aromatic N) is 2. The van der Waals surface area contributed by atoms with Crippen LogP contribution in [-0.4, -0.2) is 24.3 Å². The topological polar surface area (TPSA) is 36.8 Å². The van der Waals surface area contributed by atoms with Gasteiger partial charge in [-0.3, -0.25) is 4.99 Å². The number of nitrogens with one attached hydrogen (secondary N) is 1. The summed E-state index contributed by atoms with van der Waals surface area (Å²) in [5, 5.41) is 5.00. The Morgan fingerprint density at radius 3 is 2.57 bits per heavy atom. The SMILES string of the molecule is CCC1=C(N=C2NC(C3=CCC=NC3)=CCC(C)c3ccc(C=CCc4ccccc4)cc32)SCC1c1ccccc1. The minimum Gasteiger partial charge on any atom is -0.340 e. The molecule has 0 saturated heterocycles. The second-order valence-corrected chi connectivity index (χ2v) is 12.2. The summed E-state index contributed by atoms with van der Waals surface area (Å²) >= 11 is 1.89. The van der Waals surface area contributed by atoms with Crippen LogP contribution in [0.1, 0.15) is 72.8 Å². The van der Waals surface area contributed by atoms with Crippen LogP contribution in [0.5, 0.6) is 0 Å². The lowest BCUT2D eigenvalue weighted by Gasteiger charge is -2.25. The zero-order valence-corrected chi connectivity index (χ0v) is 25.4. The highest BCUT2D eigenvalue weighted by molar-refractivity contribution is 8.03. The number of fused-ring (bicyclic) bond motifs is 1. The van der Waals surface area contributed by atoms with Crippen LogP contribution in [0.2, 0.25) is 0 Å². The number of rotatable bonds is 7. The van der Waals surface area contributed by atoms with Crippen molar-refractivity contribution in [3.05, 3.63) is 147 Å². The van der Waals surface area contributed by atoms with E-state index in [1.807, 2.05) is 18.0 Å². The average Bonchev–Trinajstić information content (AvgIpc) is 3.45. The summed E-state index contributed by atoms with van der Waals surface area (Å²) < 4.78 is 0. The summed E-state index contributed by atoms with van der Waals surface area (Å²) in [6, 6.07) is 28.4. The van der Waals surface area contributed by atoms with Crippen LogP contribution in [0.3, 0.4) is 0 Å². The molecule has 212 valence electrons. The second kappa shape index (κ2) is 13.4. The van der Waals surface area contributed by atoms with E-state index in [4.69, 9.17) is 4.99 Å². The Balaban J connectivity index is 1.41. The predicted octanol–water partition coefficient (Wildman–Crippen LogP) is 9.22. The van der Waals surface area contributed by atoms with Crippen molar-refractivity contribution in [2.24, 2.45) is 9.98 Å². The molecule has 0 spiro atoms. The zero-order chi connectivity index (χ0) is 28.7. The molecule has 0 fully saturated rings. The first-order valence-electron chi connectivity index (χ1n) is 15.2. The predicted molar refractivity (Wildman–Crippen MR) is 181 cm³/mol. The summed E-state index contributed by atoms with van der Waals surface area (Å²) in [5.74, 6) is 2.77. The third kappa shape index (κ3) is 6.44. The fraction of sp³-hybridized carbons (Fsp3) is 0.263. The Morgan fingerprint density at radius 2 is 1.81 bits per heavy atom. The molecule has 2 atom stereocenters. The standard InChI is InChI=1S/C38H39N3S/c1-3-32-35(30-16-8-5-9-17-30)26-42-38(32)41-37-34-24-29(15-10-14-28-12-6-4-7-13-28)20-21-33(34)27(2)19-22-36(40-37)31-18-11-23-39-25-31/h4-10,12-13,15-18,20-24,27,35H,3,11,14,19,25-26H2,1-2H3,(H,40,41). The molecule has 6 rings (SSSR count). The molecule has 0 aliphatic carbocycles. The van der Waals surface area contributed by atoms with E-state index in [0.29, 0.717) is 18.4 Å². The molecule has 4 heteroatoms. The molecular formula is C38H39N3S.